The Morgan fingerprint density at radius 2 is 1.89 bits per heavy atom. The van der Waals surface area contributed by atoms with Crippen molar-refractivity contribution < 1.29 is 28.5 Å². The van der Waals surface area contributed by atoms with Crippen molar-refractivity contribution in [1.82, 2.24) is 4.57 Å². The third kappa shape index (κ3) is 5.40. The smallest absolute Gasteiger partial charge is 0.338 e. The molecular weight excluding hydrogens is 508 g/mol. The normalized spacial score (nSPS) is 15.0. The number of hydrogen-bond donors (Lipinski definition) is 0. The molecule has 0 aliphatic carbocycles. The first-order chi connectivity index (χ1) is 18.3. The fourth-order valence-corrected chi connectivity index (χ4v) is 5.27. The van der Waals surface area contributed by atoms with Crippen molar-refractivity contribution in [3.8, 4) is 17.2 Å². The second kappa shape index (κ2) is 11.5. The summed E-state index contributed by atoms with van der Waals surface area (Å²) in [7, 11) is 1.55. The average Bonchev–Trinajstić information content (AvgIpc) is 3.17. The second-order valence-corrected chi connectivity index (χ2v) is 9.32. The molecule has 1 atom stereocenters. The van der Waals surface area contributed by atoms with Crippen LogP contribution < -0.4 is 29.1 Å². The number of benzene rings is 2. The minimum atomic E-state index is -0.787. The van der Waals surface area contributed by atoms with Gasteiger partial charge in [0.1, 0.15) is 5.75 Å². The molecule has 38 heavy (non-hydrogen) atoms. The lowest BCUT2D eigenvalue weighted by Gasteiger charge is -2.25. The first kappa shape index (κ1) is 26.9. The van der Waals surface area contributed by atoms with E-state index in [1.165, 1.54) is 22.8 Å². The number of fused-ring (bicyclic) bond motifs is 1. The molecule has 1 aliphatic heterocycles. The summed E-state index contributed by atoms with van der Waals surface area (Å²) in [6.45, 7) is 7.23. The number of hydrogen-bond acceptors (Lipinski definition) is 9. The third-order valence-corrected chi connectivity index (χ3v) is 6.72. The topological polar surface area (TPSA) is 105 Å². The number of methoxy groups -OCH3 is 1. The monoisotopic (exact) mass is 536 g/mol. The highest BCUT2D eigenvalue weighted by Crippen LogP contribution is 2.36. The molecule has 2 heterocycles. The fourth-order valence-electron chi connectivity index (χ4n) is 4.22. The van der Waals surface area contributed by atoms with Crippen LogP contribution in [0.1, 0.15) is 44.9 Å². The van der Waals surface area contributed by atoms with Gasteiger partial charge in [0.2, 0.25) is 0 Å². The van der Waals surface area contributed by atoms with E-state index in [2.05, 4.69) is 4.99 Å². The number of nitrogens with zero attached hydrogens (tertiary/aromatic N) is 2. The van der Waals surface area contributed by atoms with Gasteiger partial charge in [0.15, 0.2) is 16.3 Å². The zero-order chi connectivity index (χ0) is 27.4. The Morgan fingerprint density at radius 3 is 2.58 bits per heavy atom. The SMILES string of the molecule is CCOC(=O)C1=C(C)N=c2s/c(=C\c3cccc(OC(C)=O)c3)c(=O)n2[C@@H]1c1ccc(OC)c(OCC)c1. The summed E-state index contributed by atoms with van der Waals surface area (Å²) in [4.78, 5) is 43.3. The van der Waals surface area contributed by atoms with Crippen LogP contribution in [0, 0.1) is 0 Å². The summed E-state index contributed by atoms with van der Waals surface area (Å²) in [6.07, 6.45) is 1.71. The Morgan fingerprint density at radius 1 is 1.11 bits per heavy atom. The average molecular weight is 537 g/mol. The molecule has 0 bridgehead atoms. The molecule has 198 valence electrons. The lowest BCUT2D eigenvalue weighted by atomic mass is 9.95. The molecule has 0 unspecified atom stereocenters. The van der Waals surface area contributed by atoms with E-state index >= 15 is 0 Å². The highest BCUT2D eigenvalue weighted by atomic mass is 32.1. The van der Waals surface area contributed by atoms with Gasteiger partial charge in [0.05, 0.1) is 42.2 Å². The van der Waals surface area contributed by atoms with Crippen LogP contribution in [0.15, 0.2) is 63.5 Å². The largest absolute Gasteiger partial charge is 0.493 e. The van der Waals surface area contributed by atoms with E-state index in [1.807, 2.05) is 6.92 Å². The molecule has 3 aromatic rings. The molecule has 0 amide bonds. The Balaban J connectivity index is 1.92. The maximum atomic E-state index is 13.8. The van der Waals surface area contributed by atoms with Crippen LogP contribution in [0.4, 0.5) is 0 Å². The molecule has 0 spiro atoms. The number of ether oxygens (including phenoxy) is 4. The summed E-state index contributed by atoms with van der Waals surface area (Å²) >= 11 is 1.21. The third-order valence-electron chi connectivity index (χ3n) is 5.74. The van der Waals surface area contributed by atoms with E-state index in [1.54, 1.807) is 69.5 Å². The molecule has 1 aromatic heterocycles. The van der Waals surface area contributed by atoms with Crippen LogP contribution in [0.5, 0.6) is 17.2 Å². The van der Waals surface area contributed by atoms with Gasteiger partial charge in [-0.3, -0.25) is 14.2 Å². The van der Waals surface area contributed by atoms with Crippen LogP contribution in [0.3, 0.4) is 0 Å². The van der Waals surface area contributed by atoms with Gasteiger partial charge in [-0.2, -0.15) is 0 Å². The molecule has 0 radical (unpaired) electrons. The standard InChI is InChI=1S/C28H28N2O7S/c1-6-35-22-15-19(11-12-21(22)34-5)25-24(27(33)36-7-2)16(3)29-28-30(25)26(32)23(38-28)14-18-9-8-10-20(13-18)37-17(4)31/h8-15,25H,6-7H2,1-5H3/b23-14-/t25-/m1/s1. The predicted octanol–water partition coefficient (Wildman–Crippen LogP) is 3.13. The minimum Gasteiger partial charge on any atom is -0.493 e. The van der Waals surface area contributed by atoms with Crippen LogP contribution >= 0.6 is 11.3 Å². The zero-order valence-electron chi connectivity index (χ0n) is 21.8. The van der Waals surface area contributed by atoms with E-state index in [-0.39, 0.29) is 17.7 Å². The van der Waals surface area contributed by atoms with Crippen molar-refractivity contribution in [2.45, 2.75) is 33.7 Å². The number of carbonyl (C=O) groups is 2. The van der Waals surface area contributed by atoms with E-state index in [0.29, 0.717) is 50.0 Å². The van der Waals surface area contributed by atoms with Gasteiger partial charge in [0.25, 0.3) is 5.56 Å². The first-order valence-electron chi connectivity index (χ1n) is 12.1. The zero-order valence-corrected chi connectivity index (χ0v) is 22.6. The maximum absolute atomic E-state index is 13.8. The van der Waals surface area contributed by atoms with Gasteiger partial charge in [0, 0.05) is 6.92 Å². The highest BCUT2D eigenvalue weighted by molar-refractivity contribution is 7.07. The maximum Gasteiger partial charge on any atom is 0.338 e. The molecule has 0 saturated carbocycles. The minimum absolute atomic E-state index is 0.179. The predicted molar refractivity (Wildman–Crippen MR) is 142 cm³/mol. The molecule has 1 aliphatic rings. The van der Waals surface area contributed by atoms with Gasteiger partial charge in [-0.25, -0.2) is 9.79 Å². The molecule has 2 aromatic carbocycles. The number of carbonyl (C=O) groups excluding carboxylic acids is 2. The number of esters is 2. The van der Waals surface area contributed by atoms with Crippen molar-refractivity contribution in [2.24, 2.45) is 4.99 Å². The van der Waals surface area contributed by atoms with Crippen LogP contribution in [0.2, 0.25) is 0 Å². The van der Waals surface area contributed by atoms with E-state index in [4.69, 9.17) is 18.9 Å². The number of rotatable bonds is 8. The summed E-state index contributed by atoms with van der Waals surface area (Å²) in [5.41, 5.74) is 1.74. The Kier molecular flexibility index (Phi) is 8.11. The van der Waals surface area contributed by atoms with E-state index in [0.717, 1.165) is 0 Å². The van der Waals surface area contributed by atoms with E-state index in [9.17, 15) is 14.4 Å². The van der Waals surface area contributed by atoms with Crippen molar-refractivity contribution in [3.63, 3.8) is 0 Å². The van der Waals surface area contributed by atoms with Crippen LogP contribution in [-0.2, 0) is 14.3 Å². The summed E-state index contributed by atoms with van der Waals surface area (Å²) in [6, 6.07) is 11.4. The van der Waals surface area contributed by atoms with Gasteiger partial charge >= 0.3 is 11.9 Å². The molecular formula is C28H28N2O7S. The highest BCUT2D eigenvalue weighted by Gasteiger charge is 2.34. The molecule has 10 heteroatoms. The van der Waals surface area contributed by atoms with Crippen LogP contribution in [-0.4, -0.2) is 36.8 Å². The van der Waals surface area contributed by atoms with Gasteiger partial charge < -0.3 is 18.9 Å². The van der Waals surface area contributed by atoms with Crippen molar-refractivity contribution in [2.75, 3.05) is 20.3 Å². The van der Waals surface area contributed by atoms with Gasteiger partial charge in [-0.1, -0.05) is 29.5 Å². The van der Waals surface area contributed by atoms with Gasteiger partial charge in [-0.15, -0.1) is 0 Å². The van der Waals surface area contributed by atoms with Crippen LogP contribution in [0.25, 0.3) is 6.08 Å². The lowest BCUT2D eigenvalue weighted by Crippen LogP contribution is -2.40. The number of thiazole rings is 1. The second-order valence-electron chi connectivity index (χ2n) is 8.31. The molecule has 4 rings (SSSR count). The lowest BCUT2D eigenvalue weighted by molar-refractivity contribution is -0.139. The van der Waals surface area contributed by atoms with Crippen molar-refractivity contribution >= 4 is 29.4 Å². The Hall–Kier alpha value is -4.18. The van der Waals surface area contributed by atoms with Crippen molar-refractivity contribution in [3.05, 3.63) is 84.5 Å². The molecule has 0 N–H and O–H groups in total. The quantitative estimate of drug-likeness (QED) is 0.322. The fraction of sp³-hybridized carbons (Fsp3) is 0.286. The molecule has 0 fully saturated rings. The molecule has 0 saturated heterocycles. The summed E-state index contributed by atoms with van der Waals surface area (Å²) in [5, 5.41) is 0. The number of allylic oxidation sites excluding steroid dienone is 1. The summed E-state index contributed by atoms with van der Waals surface area (Å²) < 4.78 is 23.6. The number of aromatic nitrogens is 1. The summed E-state index contributed by atoms with van der Waals surface area (Å²) in [5.74, 6) is 0.424. The Bertz CT molecular complexity index is 1600. The van der Waals surface area contributed by atoms with Gasteiger partial charge in [-0.05, 0) is 62.2 Å². The Labute approximate surface area is 223 Å². The van der Waals surface area contributed by atoms with E-state index < -0.39 is 18.0 Å². The molecule has 9 nitrogen and oxygen atoms in total. The van der Waals surface area contributed by atoms with Crippen molar-refractivity contribution in [1.29, 1.82) is 0 Å². The first-order valence-corrected chi connectivity index (χ1v) is 12.9.